The van der Waals surface area contributed by atoms with Gasteiger partial charge in [0.1, 0.15) is 5.75 Å². The normalized spacial score (nSPS) is 16.6. The van der Waals surface area contributed by atoms with Gasteiger partial charge in [0, 0.05) is 30.8 Å². The summed E-state index contributed by atoms with van der Waals surface area (Å²) >= 11 is 0. The quantitative estimate of drug-likeness (QED) is 0.307. The molecular formula is C25H37NO4. The number of aliphatic hydroxyl groups is 2. The molecule has 0 heterocycles. The van der Waals surface area contributed by atoms with Crippen LogP contribution in [-0.2, 0) is 17.7 Å². The molecule has 2 rings (SSSR count). The van der Waals surface area contributed by atoms with E-state index in [-0.39, 0.29) is 12.0 Å². The first-order chi connectivity index (χ1) is 16.8. The van der Waals surface area contributed by atoms with E-state index in [1.54, 1.807) is 0 Å². The van der Waals surface area contributed by atoms with Crippen molar-refractivity contribution in [2.45, 2.75) is 57.6 Å². The van der Waals surface area contributed by atoms with Gasteiger partial charge in [0.15, 0.2) is 0 Å². The fourth-order valence-corrected chi connectivity index (χ4v) is 2.95. The highest BCUT2D eigenvalue weighted by atomic mass is 16.5. The summed E-state index contributed by atoms with van der Waals surface area (Å²) in [5, 5.41) is 32.0. The predicted octanol–water partition coefficient (Wildman–Crippen LogP) is 4.11. The Kier molecular flexibility index (Phi) is 8.35. The average molecular weight is 422 g/mol. The summed E-state index contributed by atoms with van der Waals surface area (Å²) in [6.07, 6.45) is 3.19. The van der Waals surface area contributed by atoms with Crippen molar-refractivity contribution in [3.05, 3.63) is 65.2 Å². The van der Waals surface area contributed by atoms with Crippen molar-refractivity contribution in [3.8, 4) is 5.75 Å². The van der Waals surface area contributed by atoms with Crippen molar-refractivity contribution in [1.82, 2.24) is 5.32 Å². The summed E-state index contributed by atoms with van der Waals surface area (Å²) in [6, 6.07) is 13.5. The molecule has 1 atom stereocenters. The molecule has 0 aromatic heterocycles. The van der Waals surface area contributed by atoms with Crippen molar-refractivity contribution in [2.75, 3.05) is 26.2 Å². The van der Waals surface area contributed by atoms with E-state index in [1.165, 1.54) is 11.6 Å². The number of rotatable bonds is 16. The van der Waals surface area contributed by atoms with E-state index < -0.39 is 37.0 Å². The minimum Gasteiger partial charge on any atom is -0.508 e. The molecule has 166 valence electrons. The smallest absolute Gasteiger partial charge is 0.121 e. The third-order valence-electron chi connectivity index (χ3n) is 4.69. The number of nitrogens with one attached hydrogen (secondary N) is 1. The van der Waals surface area contributed by atoms with Crippen molar-refractivity contribution < 1.29 is 28.3 Å². The SMILES string of the molecule is [2H]C([2H])(CCCCCOCCCCc1ccccc1)NC([2H])([2H])C(O)c1ccc(O)c(C([2H])([2H])O)c1. The molecule has 4 N–H and O–H groups in total. The van der Waals surface area contributed by atoms with Crippen LogP contribution < -0.4 is 5.32 Å². The molecule has 0 spiro atoms. The van der Waals surface area contributed by atoms with E-state index in [9.17, 15) is 15.3 Å². The molecular weight excluding hydrogens is 378 g/mol. The molecule has 2 aromatic rings. The number of unbranched alkanes of at least 4 members (excludes halogenated alkanes) is 3. The van der Waals surface area contributed by atoms with Crippen LogP contribution in [0.1, 0.15) is 69.5 Å². The predicted molar refractivity (Wildman–Crippen MR) is 121 cm³/mol. The van der Waals surface area contributed by atoms with Crippen LogP contribution in [0.5, 0.6) is 5.75 Å². The van der Waals surface area contributed by atoms with Gasteiger partial charge in [-0.1, -0.05) is 49.2 Å². The van der Waals surface area contributed by atoms with Gasteiger partial charge in [0.05, 0.1) is 15.4 Å². The first-order valence-corrected chi connectivity index (χ1v) is 10.5. The Hall–Kier alpha value is -1.92. The monoisotopic (exact) mass is 421 g/mol. The summed E-state index contributed by atoms with van der Waals surface area (Å²) in [5.74, 6) is -0.543. The van der Waals surface area contributed by atoms with Gasteiger partial charge in [-0.2, -0.15) is 0 Å². The first kappa shape index (κ1) is 16.7. The fraction of sp³-hybridized carbons (Fsp3) is 0.520. The van der Waals surface area contributed by atoms with E-state index in [0.717, 1.165) is 37.8 Å². The number of benzene rings is 2. The number of hydrogen-bond acceptors (Lipinski definition) is 5. The third kappa shape index (κ3) is 9.72. The lowest BCUT2D eigenvalue weighted by molar-refractivity contribution is 0.126. The van der Waals surface area contributed by atoms with Crippen molar-refractivity contribution >= 4 is 0 Å². The Balaban J connectivity index is 1.69. The number of hydrogen-bond donors (Lipinski definition) is 4. The van der Waals surface area contributed by atoms with Gasteiger partial charge in [0.2, 0.25) is 0 Å². The summed E-state index contributed by atoms with van der Waals surface area (Å²) in [4.78, 5) is 0. The van der Waals surface area contributed by atoms with Gasteiger partial charge in [-0.25, -0.2) is 0 Å². The fourth-order valence-electron chi connectivity index (χ4n) is 2.95. The minimum atomic E-state index is -2.89. The van der Waals surface area contributed by atoms with E-state index >= 15 is 0 Å². The van der Waals surface area contributed by atoms with E-state index in [1.807, 2.05) is 18.2 Å². The first-order valence-electron chi connectivity index (χ1n) is 13.5. The standard InChI is InChI=1S/C25H37NO4/c27-20-23-18-22(13-14-24(23)28)25(29)19-26-15-7-1-2-8-16-30-17-9-6-12-21-10-4-3-5-11-21/h3-5,10-11,13-14,18,25-29H,1-2,6-9,12,15-17,19-20H2/i15D2,19D2,20D2. The van der Waals surface area contributed by atoms with Crippen LogP contribution in [0.2, 0.25) is 0 Å². The number of aryl methyl sites for hydroxylation is 1. The summed E-state index contributed by atoms with van der Waals surface area (Å²) in [5.41, 5.74) is 0.684. The topological polar surface area (TPSA) is 82.0 Å². The maximum absolute atomic E-state index is 10.5. The number of phenols is 1. The highest BCUT2D eigenvalue weighted by molar-refractivity contribution is 5.36. The molecule has 0 fully saturated rings. The highest BCUT2D eigenvalue weighted by Gasteiger charge is 2.09. The van der Waals surface area contributed by atoms with Crippen molar-refractivity contribution in [3.63, 3.8) is 0 Å². The lowest BCUT2D eigenvalue weighted by atomic mass is 10.1. The number of aromatic hydroxyl groups is 1. The van der Waals surface area contributed by atoms with Crippen LogP contribution in [0, 0.1) is 0 Å². The second-order valence-corrected chi connectivity index (χ2v) is 7.10. The van der Waals surface area contributed by atoms with E-state index in [4.69, 9.17) is 13.0 Å². The summed E-state index contributed by atoms with van der Waals surface area (Å²) in [6.45, 7) is -6.32. The maximum atomic E-state index is 10.5. The molecule has 0 aliphatic heterocycles. The van der Waals surface area contributed by atoms with Crippen LogP contribution >= 0.6 is 0 Å². The number of aliphatic hydroxyl groups excluding tert-OH is 1. The van der Waals surface area contributed by atoms with E-state index in [0.29, 0.717) is 26.1 Å². The van der Waals surface area contributed by atoms with Crippen LogP contribution in [0.25, 0.3) is 0 Å². The molecule has 5 heteroatoms. The van der Waals surface area contributed by atoms with Crippen molar-refractivity contribution in [1.29, 1.82) is 0 Å². The molecule has 2 aromatic carbocycles. The van der Waals surface area contributed by atoms with Crippen LogP contribution in [0.4, 0.5) is 0 Å². The van der Waals surface area contributed by atoms with Gasteiger partial charge >= 0.3 is 0 Å². The van der Waals surface area contributed by atoms with Gasteiger partial charge < -0.3 is 25.4 Å². The molecule has 0 amide bonds. The Morgan fingerprint density at radius 3 is 2.43 bits per heavy atom. The molecule has 1 unspecified atom stereocenters. The zero-order valence-electron chi connectivity index (χ0n) is 23.3. The molecule has 0 bridgehead atoms. The van der Waals surface area contributed by atoms with Gasteiger partial charge in [-0.15, -0.1) is 0 Å². The average Bonchev–Trinajstić information content (AvgIpc) is 2.79. The zero-order chi connectivity index (χ0) is 26.8. The van der Waals surface area contributed by atoms with Crippen molar-refractivity contribution in [2.24, 2.45) is 0 Å². The van der Waals surface area contributed by atoms with Crippen LogP contribution in [-0.4, -0.2) is 41.5 Å². The molecule has 0 aliphatic rings. The van der Waals surface area contributed by atoms with Gasteiger partial charge in [0.25, 0.3) is 0 Å². The van der Waals surface area contributed by atoms with Crippen LogP contribution in [0.3, 0.4) is 0 Å². The zero-order valence-corrected chi connectivity index (χ0v) is 17.3. The van der Waals surface area contributed by atoms with Crippen LogP contribution in [0.15, 0.2) is 48.5 Å². The summed E-state index contributed by atoms with van der Waals surface area (Å²) in [7, 11) is 0. The largest absolute Gasteiger partial charge is 0.508 e. The lowest BCUT2D eigenvalue weighted by Gasteiger charge is -2.14. The van der Waals surface area contributed by atoms with Gasteiger partial charge in [-0.3, -0.25) is 0 Å². The van der Waals surface area contributed by atoms with Gasteiger partial charge in [-0.05, 0) is 61.9 Å². The summed E-state index contributed by atoms with van der Waals surface area (Å²) < 4.78 is 52.8. The minimum absolute atomic E-state index is 0.0241. The highest BCUT2D eigenvalue weighted by Crippen LogP contribution is 2.22. The molecule has 5 nitrogen and oxygen atoms in total. The molecule has 30 heavy (non-hydrogen) atoms. The Labute approximate surface area is 189 Å². The maximum Gasteiger partial charge on any atom is 0.121 e. The second kappa shape index (κ2) is 15.0. The Morgan fingerprint density at radius 2 is 1.67 bits per heavy atom. The Morgan fingerprint density at radius 1 is 0.933 bits per heavy atom. The second-order valence-electron chi connectivity index (χ2n) is 7.10. The Bertz CT molecular complexity index is 925. The molecule has 0 saturated carbocycles. The molecule has 0 aliphatic carbocycles. The lowest BCUT2D eigenvalue weighted by Crippen LogP contribution is -2.22. The third-order valence-corrected chi connectivity index (χ3v) is 4.69. The number of ether oxygens (including phenoxy) is 1. The molecule has 0 saturated heterocycles. The molecule has 0 radical (unpaired) electrons. The van der Waals surface area contributed by atoms with E-state index in [2.05, 4.69) is 17.4 Å².